The van der Waals surface area contributed by atoms with E-state index in [1.165, 1.54) is 4.90 Å². The van der Waals surface area contributed by atoms with Crippen molar-refractivity contribution in [2.45, 2.75) is 39.5 Å². The summed E-state index contributed by atoms with van der Waals surface area (Å²) < 4.78 is 0. The first kappa shape index (κ1) is 20.2. The number of amides is 2. The van der Waals surface area contributed by atoms with E-state index in [4.69, 9.17) is 0 Å². The first-order valence-corrected chi connectivity index (χ1v) is 8.82. The van der Waals surface area contributed by atoms with Crippen molar-refractivity contribution < 1.29 is 9.59 Å². The van der Waals surface area contributed by atoms with Gasteiger partial charge in [0.15, 0.2) is 0 Å². The van der Waals surface area contributed by atoms with E-state index >= 15 is 0 Å². The summed E-state index contributed by atoms with van der Waals surface area (Å²) in [4.78, 5) is 28.3. The van der Waals surface area contributed by atoms with Crippen LogP contribution in [-0.4, -0.2) is 55.3 Å². The van der Waals surface area contributed by atoms with Crippen molar-refractivity contribution in [1.82, 2.24) is 9.80 Å². The average molecular weight is 333 g/mol. The molecule has 0 radical (unpaired) electrons. The zero-order valence-corrected chi connectivity index (χ0v) is 15.5. The van der Waals surface area contributed by atoms with E-state index in [2.05, 4.69) is 24.1 Å². The molecule has 0 aromatic heterocycles. The highest BCUT2D eigenvalue weighted by molar-refractivity contribution is 6.03. The van der Waals surface area contributed by atoms with Gasteiger partial charge in [0.25, 0.3) is 5.91 Å². The zero-order valence-electron chi connectivity index (χ0n) is 15.5. The minimum Gasteiger partial charge on any atom is -0.345 e. The van der Waals surface area contributed by atoms with Gasteiger partial charge in [-0.1, -0.05) is 26.0 Å². The monoisotopic (exact) mass is 333 g/mol. The van der Waals surface area contributed by atoms with Gasteiger partial charge >= 0.3 is 0 Å². The first-order chi connectivity index (χ1) is 11.5. The lowest BCUT2D eigenvalue weighted by molar-refractivity contribution is -0.116. The Hall–Kier alpha value is -1.88. The highest BCUT2D eigenvalue weighted by Gasteiger charge is 2.14. The predicted molar refractivity (Wildman–Crippen MR) is 99.3 cm³/mol. The zero-order chi connectivity index (χ0) is 17.9. The van der Waals surface area contributed by atoms with E-state index in [1.54, 1.807) is 32.3 Å². The molecule has 0 aliphatic rings. The number of hydrogen-bond acceptors (Lipinski definition) is 3. The number of hydrogen-bond donors (Lipinski definition) is 1. The molecule has 5 heteroatoms. The van der Waals surface area contributed by atoms with Gasteiger partial charge in [0.2, 0.25) is 5.91 Å². The summed E-state index contributed by atoms with van der Waals surface area (Å²) in [5.74, 6) is -0.148. The minimum atomic E-state index is -0.108. The molecule has 0 unspecified atom stereocenters. The Morgan fingerprint density at radius 2 is 1.62 bits per heavy atom. The number of rotatable bonds is 10. The Balaban J connectivity index is 2.55. The number of anilines is 1. The molecule has 1 rings (SSSR count). The lowest BCUT2D eigenvalue weighted by Gasteiger charge is -2.20. The second-order valence-electron chi connectivity index (χ2n) is 6.24. The van der Waals surface area contributed by atoms with E-state index in [0.717, 1.165) is 38.9 Å². The van der Waals surface area contributed by atoms with Crippen molar-refractivity contribution in [2.75, 3.05) is 39.0 Å². The number of nitrogens with one attached hydrogen (secondary N) is 1. The largest absolute Gasteiger partial charge is 0.345 e. The number of carbonyl (C=O) groups is 2. The summed E-state index contributed by atoms with van der Waals surface area (Å²) >= 11 is 0. The smallest absolute Gasteiger partial charge is 0.255 e. The molecule has 1 N–H and O–H groups in total. The van der Waals surface area contributed by atoms with E-state index in [0.29, 0.717) is 17.7 Å². The van der Waals surface area contributed by atoms with E-state index in [9.17, 15) is 9.59 Å². The van der Waals surface area contributed by atoms with Gasteiger partial charge < -0.3 is 15.1 Å². The third kappa shape index (κ3) is 6.71. The Kier molecular flexibility index (Phi) is 9.08. The maximum Gasteiger partial charge on any atom is 0.255 e. The van der Waals surface area contributed by atoms with Crippen LogP contribution in [0.3, 0.4) is 0 Å². The molecule has 0 fully saturated rings. The second-order valence-corrected chi connectivity index (χ2v) is 6.24. The lowest BCUT2D eigenvalue weighted by atomic mass is 10.1. The highest BCUT2D eigenvalue weighted by atomic mass is 16.2. The molecule has 24 heavy (non-hydrogen) atoms. The summed E-state index contributed by atoms with van der Waals surface area (Å²) in [7, 11) is 3.41. The van der Waals surface area contributed by atoms with Crippen LogP contribution in [0.25, 0.3) is 0 Å². The van der Waals surface area contributed by atoms with Gasteiger partial charge in [-0.2, -0.15) is 0 Å². The lowest BCUT2D eigenvalue weighted by Crippen LogP contribution is -2.27. The molecule has 0 spiro atoms. The van der Waals surface area contributed by atoms with Crippen LogP contribution in [0.15, 0.2) is 24.3 Å². The van der Waals surface area contributed by atoms with E-state index < -0.39 is 0 Å². The number of nitrogens with zero attached hydrogens (tertiary/aromatic N) is 2. The fraction of sp³-hybridized carbons (Fsp3) is 0.579. The van der Waals surface area contributed by atoms with Crippen molar-refractivity contribution in [1.29, 1.82) is 0 Å². The molecule has 0 saturated heterocycles. The van der Waals surface area contributed by atoms with Gasteiger partial charge in [0.05, 0.1) is 11.3 Å². The van der Waals surface area contributed by atoms with Crippen LogP contribution in [0.2, 0.25) is 0 Å². The normalized spacial score (nSPS) is 10.7. The molecule has 1 aromatic rings. The van der Waals surface area contributed by atoms with Crippen LogP contribution in [0.4, 0.5) is 5.69 Å². The number of para-hydroxylation sites is 1. The van der Waals surface area contributed by atoms with Crippen molar-refractivity contribution >= 4 is 17.5 Å². The summed E-state index contributed by atoms with van der Waals surface area (Å²) in [5, 5.41) is 2.88. The van der Waals surface area contributed by atoms with Crippen molar-refractivity contribution in [3.8, 4) is 0 Å². The Morgan fingerprint density at radius 1 is 1.00 bits per heavy atom. The van der Waals surface area contributed by atoms with Crippen molar-refractivity contribution in [3.63, 3.8) is 0 Å². The summed E-state index contributed by atoms with van der Waals surface area (Å²) in [6, 6.07) is 7.14. The second kappa shape index (κ2) is 10.8. The fourth-order valence-electron chi connectivity index (χ4n) is 2.66. The fourth-order valence-corrected chi connectivity index (χ4v) is 2.66. The quantitative estimate of drug-likeness (QED) is 0.715. The first-order valence-electron chi connectivity index (χ1n) is 8.82. The van der Waals surface area contributed by atoms with Gasteiger partial charge in [0.1, 0.15) is 0 Å². The molecular formula is C19H31N3O2. The molecule has 2 amide bonds. The van der Waals surface area contributed by atoms with Crippen molar-refractivity contribution in [2.24, 2.45) is 0 Å². The molecule has 0 saturated carbocycles. The molecule has 0 atom stereocenters. The molecular weight excluding hydrogens is 302 g/mol. The van der Waals surface area contributed by atoms with Crippen LogP contribution in [-0.2, 0) is 4.79 Å². The van der Waals surface area contributed by atoms with Gasteiger partial charge in [-0.05, 0) is 51.0 Å². The van der Waals surface area contributed by atoms with Crippen molar-refractivity contribution in [3.05, 3.63) is 29.8 Å². The standard InChI is InChI=1S/C19H31N3O2/c1-5-13-22(14-6-2)15-9-12-18(23)20-17-11-8-7-10-16(17)19(24)21(3)4/h7-8,10-11H,5-6,9,12-15H2,1-4H3,(H,20,23). The number of carbonyl (C=O) groups excluding carboxylic acids is 2. The van der Waals surface area contributed by atoms with Crippen LogP contribution in [0.1, 0.15) is 49.9 Å². The van der Waals surface area contributed by atoms with Crippen LogP contribution < -0.4 is 5.32 Å². The topological polar surface area (TPSA) is 52.7 Å². The van der Waals surface area contributed by atoms with Gasteiger partial charge in [-0.25, -0.2) is 0 Å². The van der Waals surface area contributed by atoms with Gasteiger partial charge in [-0.15, -0.1) is 0 Å². The molecule has 1 aromatic carbocycles. The summed E-state index contributed by atoms with van der Waals surface area (Å²) in [5.41, 5.74) is 1.11. The molecule has 0 aliphatic heterocycles. The van der Waals surface area contributed by atoms with Gasteiger partial charge in [0, 0.05) is 20.5 Å². The maximum absolute atomic E-state index is 12.2. The minimum absolute atomic E-state index is 0.0399. The Bertz CT molecular complexity index is 523. The molecule has 5 nitrogen and oxygen atoms in total. The maximum atomic E-state index is 12.2. The molecule has 0 bridgehead atoms. The van der Waals surface area contributed by atoms with Crippen LogP contribution in [0.5, 0.6) is 0 Å². The Labute approximate surface area is 146 Å². The molecule has 0 heterocycles. The molecule has 0 aliphatic carbocycles. The Morgan fingerprint density at radius 3 is 2.21 bits per heavy atom. The van der Waals surface area contributed by atoms with E-state index in [-0.39, 0.29) is 11.8 Å². The predicted octanol–water partition coefficient (Wildman–Crippen LogP) is 3.23. The highest BCUT2D eigenvalue weighted by Crippen LogP contribution is 2.17. The average Bonchev–Trinajstić information content (AvgIpc) is 2.55. The SMILES string of the molecule is CCCN(CCC)CCCC(=O)Nc1ccccc1C(=O)N(C)C. The van der Waals surface area contributed by atoms with Gasteiger partial charge in [-0.3, -0.25) is 9.59 Å². The van der Waals surface area contributed by atoms with Crippen LogP contribution >= 0.6 is 0 Å². The summed E-state index contributed by atoms with van der Waals surface area (Å²) in [6.45, 7) is 7.45. The van der Waals surface area contributed by atoms with E-state index in [1.807, 2.05) is 6.07 Å². The van der Waals surface area contributed by atoms with Crippen LogP contribution in [0, 0.1) is 0 Å². The summed E-state index contributed by atoms with van der Waals surface area (Å²) in [6.07, 6.45) is 3.56. The molecule has 134 valence electrons. The third-order valence-electron chi connectivity index (χ3n) is 3.80. The number of benzene rings is 1. The third-order valence-corrected chi connectivity index (χ3v) is 3.80.